The van der Waals surface area contributed by atoms with Crippen LogP contribution in [-0.2, 0) is 6.42 Å². The molecular weight excluding hydrogens is 146 g/mol. The summed E-state index contributed by atoms with van der Waals surface area (Å²) in [5.41, 5.74) is 0.204. The molecule has 0 N–H and O–H groups in total. The summed E-state index contributed by atoms with van der Waals surface area (Å²) in [6.45, 7) is 1.89. The van der Waals surface area contributed by atoms with Crippen molar-refractivity contribution in [2.75, 3.05) is 0 Å². The van der Waals surface area contributed by atoms with E-state index in [1.54, 1.807) is 0 Å². The van der Waals surface area contributed by atoms with Gasteiger partial charge in [0, 0.05) is 5.56 Å². The maximum absolute atomic E-state index is 12.8. The average molecular weight is 156 g/mol. The Labute approximate surface area is 64.9 Å². The Morgan fingerprint density at radius 3 is 2.18 bits per heavy atom. The standard InChI is InChI=1S/C9H10F2/c1-2-4-7-8(10)5-3-6-9(7)11/h3,5-6H,2,4H2,1H3. The van der Waals surface area contributed by atoms with E-state index in [4.69, 9.17) is 0 Å². The van der Waals surface area contributed by atoms with Crippen LogP contribution in [0.4, 0.5) is 8.78 Å². The molecule has 0 amide bonds. The van der Waals surface area contributed by atoms with E-state index in [0.29, 0.717) is 6.42 Å². The van der Waals surface area contributed by atoms with Gasteiger partial charge in [0.15, 0.2) is 0 Å². The molecule has 1 aromatic carbocycles. The van der Waals surface area contributed by atoms with Crippen molar-refractivity contribution < 1.29 is 8.78 Å². The SMILES string of the molecule is CCCc1c(F)cccc1F. The normalized spacial score (nSPS) is 10.1. The largest absolute Gasteiger partial charge is 0.207 e. The van der Waals surface area contributed by atoms with Crippen LogP contribution in [-0.4, -0.2) is 0 Å². The third-order valence-corrected chi connectivity index (χ3v) is 1.56. The van der Waals surface area contributed by atoms with Gasteiger partial charge in [-0.05, 0) is 18.6 Å². The predicted octanol–water partition coefficient (Wildman–Crippen LogP) is 2.92. The highest BCUT2D eigenvalue weighted by Crippen LogP contribution is 2.13. The second-order valence-electron chi connectivity index (χ2n) is 2.45. The van der Waals surface area contributed by atoms with Gasteiger partial charge in [-0.2, -0.15) is 0 Å². The molecule has 0 aliphatic rings. The predicted molar refractivity (Wildman–Crippen MR) is 40.4 cm³/mol. The molecule has 0 atom stereocenters. The Balaban J connectivity index is 3.00. The van der Waals surface area contributed by atoms with Crippen LogP contribution in [0.15, 0.2) is 18.2 Å². The zero-order valence-electron chi connectivity index (χ0n) is 6.40. The lowest BCUT2D eigenvalue weighted by Crippen LogP contribution is -1.93. The minimum Gasteiger partial charge on any atom is -0.207 e. The summed E-state index contributed by atoms with van der Waals surface area (Å²) in [5, 5.41) is 0. The molecule has 0 nitrogen and oxygen atoms in total. The quantitative estimate of drug-likeness (QED) is 0.617. The zero-order chi connectivity index (χ0) is 8.27. The molecule has 0 radical (unpaired) electrons. The number of rotatable bonds is 2. The third-order valence-electron chi connectivity index (χ3n) is 1.56. The third kappa shape index (κ3) is 1.76. The van der Waals surface area contributed by atoms with E-state index in [1.807, 2.05) is 6.92 Å². The van der Waals surface area contributed by atoms with Gasteiger partial charge in [0.1, 0.15) is 11.6 Å². The van der Waals surface area contributed by atoms with Gasteiger partial charge in [0.2, 0.25) is 0 Å². The molecule has 0 fully saturated rings. The van der Waals surface area contributed by atoms with Crippen LogP contribution >= 0.6 is 0 Å². The topological polar surface area (TPSA) is 0 Å². The molecular formula is C9H10F2. The smallest absolute Gasteiger partial charge is 0.129 e. The van der Waals surface area contributed by atoms with Crippen molar-refractivity contribution >= 4 is 0 Å². The summed E-state index contributed by atoms with van der Waals surface area (Å²) in [4.78, 5) is 0. The Bertz CT molecular complexity index is 223. The number of benzene rings is 1. The molecule has 0 aliphatic carbocycles. The number of hydrogen-bond acceptors (Lipinski definition) is 0. The molecule has 1 rings (SSSR count). The first-order valence-electron chi connectivity index (χ1n) is 3.68. The first kappa shape index (κ1) is 8.18. The Kier molecular flexibility index (Phi) is 2.58. The molecule has 0 saturated carbocycles. The zero-order valence-corrected chi connectivity index (χ0v) is 6.40. The minimum atomic E-state index is -0.438. The first-order valence-corrected chi connectivity index (χ1v) is 3.68. The van der Waals surface area contributed by atoms with Gasteiger partial charge in [0.25, 0.3) is 0 Å². The van der Waals surface area contributed by atoms with Gasteiger partial charge < -0.3 is 0 Å². The Morgan fingerprint density at radius 2 is 1.73 bits per heavy atom. The second-order valence-corrected chi connectivity index (χ2v) is 2.45. The molecule has 60 valence electrons. The highest BCUT2D eigenvalue weighted by molar-refractivity contribution is 5.19. The number of hydrogen-bond donors (Lipinski definition) is 0. The highest BCUT2D eigenvalue weighted by atomic mass is 19.1. The van der Waals surface area contributed by atoms with Crippen LogP contribution in [0.5, 0.6) is 0 Å². The summed E-state index contributed by atoms with van der Waals surface area (Å²) in [6.07, 6.45) is 1.23. The van der Waals surface area contributed by atoms with Crippen molar-refractivity contribution in [3.63, 3.8) is 0 Å². The van der Waals surface area contributed by atoms with E-state index in [9.17, 15) is 8.78 Å². The van der Waals surface area contributed by atoms with Crippen LogP contribution in [0.2, 0.25) is 0 Å². The van der Waals surface area contributed by atoms with Crippen molar-refractivity contribution in [1.82, 2.24) is 0 Å². The molecule has 2 heteroatoms. The molecule has 0 spiro atoms. The lowest BCUT2D eigenvalue weighted by Gasteiger charge is -2.00. The monoisotopic (exact) mass is 156 g/mol. The lowest BCUT2D eigenvalue weighted by molar-refractivity contribution is 0.553. The summed E-state index contributed by atoms with van der Waals surface area (Å²) >= 11 is 0. The molecule has 0 saturated heterocycles. The van der Waals surface area contributed by atoms with Gasteiger partial charge in [0.05, 0.1) is 0 Å². The Morgan fingerprint density at radius 1 is 1.18 bits per heavy atom. The van der Waals surface area contributed by atoms with Crippen LogP contribution in [0, 0.1) is 11.6 Å². The van der Waals surface area contributed by atoms with Crippen LogP contribution in [0.1, 0.15) is 18.9 Å². The van der Waals surface area contributed by atoms with Gasteiger partial charge in [-0.15, -0.1) is 0 Å². The molecule has 0 aliphatic heterocycles. The van der Waals surface area contributed by atoms with E-state index >= 15 is 0 Å². The number of halogens is 2. The fourth-order valence-electron chi connectivity index (χ4n) is 1.02. The molecule has 0 unspecified atom stereocenters. The van der Waals surface area contributed by atoms with Crippen LogP contribution in [0.3, 0.4) is 0 Å². The van der Waals surface area contributed by atoms with Gasteiger partial charge >= 0.3 is 0 Å². The fourth-order valence-corrected chi connectivity index (χ4v) is 1.02. The van der Waals surface area contributed by atoms with Crippen molar-refractivity contribution in [3.8, 4) is 0 Å². The lowest BCUT2D eigenvalue weighted by atomic mass is 10.1. The van der Waals surface area contributed by atoms with Crippen molar-refractivity contribution in [2.45, 2.75) is 19.8 Å². The summed E-state index contributed by atoms with van der Waals surface area (Å²) < 4.78 is 25.6. The van der Waals surface area contributed by atoms with Crippen LogP contribution in [0.25, 0.3) is 0 Å². The highest BCUT2D eigenvalue weighted by Gasteiger charge is 2.05. The van der Waals surface area contributed by atoms with E-state index in [-0.39, 0.29) is 5.56 Å². The summed E-state index contributed by atoms with van der Waals surface area (Å²) in [6, 6.07) is 3.95. The Hall–Kier alpha value is -0.920. The first-order chi connectivity index (χ1) is 5.25. The summed E-state index contributed by atoms with van der Waals surface area (Å²) in [5.74, 6) is -0.876. The van der Waals surface area contributed by atoms with Crippen molar-refractivity contribution in [1.29, 1.82) is 0 Å². The fraction of sp³-hybridized carbons (Fsp3) is 0.333. The maximum atomic E-state index is 12.8. The van der Waals surface area contributed by atoms with E-state index in [0.717, 1.165) is 6.42 Å². The van der Waals surface area contributed by atoms with Crippen molar-refractivity contribution in [3.05, 3.63) is 35.4 Å². The molecule has 11 heavy (non-hydrogen) atoms. The second kappa shape index (κ2) is 3.46. The minimum absolute atomic E-state index is 0.204. The molecule has 0 aromatic heterocycles. The van der Waals surface area contributed by atoms with E-state index < -0.39 is 11.6 Å². The molecule has 0 heterocycles. The van der Waals surface area contributed by atoms with Crippen molar-refractivity contribution in [2.24, 2.45) is 0 Å². The molecule has 0 bridgehead atoms. The summed E-state index contributed by atoms with van der Waals surface area (Å²) in [7, 11) is 0. The van der Waals surface area contributed by atoms with E-state index in [1.165, 1.54) is 18.2 Å². The maximum Gasteiger partial charge on any atom is 0.129 e. The average Bonchev–Trinajstić information content (AvgIpc) is 1.97. The van der Waals surface area contributed by atoms with Gasteiger partial charge in [-0.25, -0.2) is 8.78 Å². The van der Waals surface area contributed by atoms with Crippen LogP contribution < -0.4 is 0 Å². The van der Waals surface area contributed by atoms with Gasteiger partial charge in [-0.1, -0.05) is 19.4 Å². The van der Waals surface area contributed by atoms with E-state index in [2.05, 4.69) is 0 Å². The molecule has 1 aromatic rings. The van der Waals surface area contributed by atoms with Gasteiger partial charge in [-0.3, -0.25) is 0 Å².